The molecule has 1 saturated heterocycles. The molecule has 10 nitrogen and oxygen atoms in total. The quantitative estimate of drug-likeness (QED) is 0.466. The van der Waals surface area contributed by atoms with Crippen molar-refractivity contribution >= 4 is 24.1 Å². The van der Waals surface area contributed by atoms with Crippen molar-refractivity contribution in [1.29, 1.82) is 0 Å². The Morgan fingerprint density at radius 1 is 0.861 bits per heavy atom. The van der Waals surface area contributed by atoms with Crippen molar-refractivity contribution in [2.24, 2.45) is 0 Å². The van der Waals surface area contributed by atoms with E-state index in [1.54, 1.807) is 82.5 Å². The lowest BCUT2D eigenvalue weighted by molar-refractivity contribution is -0.135. The van der Waals surface area contributed by atoms with Gasteiger partial charge in [-0.05, 0) is 66.2 Å². The molecule has 1 atom stereocenters. The Hall–Kier alpha value is -3.30. The molecule has 200 valence electrons. The number of hydrogen-bond donors (Lipinski definition) is 1. The molecular weight excluding hydrogens is 466 g/mol. The number of ether oxygens (including phenoxy) is 3. The highest BCUT2D eigenvalue weighted by Gasteiger charge is 2.31. The van der Waals surface area contributed by atoms with Gasteiger partial charge in [-0.15, -0.1) is 0 Å². The summed E-state index contributed by atoms with van der Waals surface area (Å²) >= 11 is 0. The molecule has 36 heavy (non-hydrogen) atoms. The predicted molar refractivity (Wildman–Crippen MR) is 134 cm³/mol. The van der Waals surface area contributed by atoms with Gasteiger partial charge < -0.3 is 29.3 Å². The highest BCUT2D eigenvalue weighted by Crippen LogP contribution is 2.16. The van der Waals surface area contributed by atoms with E-state index in [0.717, 1.165) is 5.56 Å². The molecule has 0 saturated carbocycles. The third-order valence-electron chi connectivity index (χ3n) is 5.13. The van der Waals surface area contributed by atoms with Gasteiger partial charge in [0.05, 0.1) is 12.2 Å². The fourth-order valence-corrected chi connectivity index (χ4v) is 3.54. The summed E-state index contributed by atoms with van der Waals surface area (Å²) in [6, 6.07) is 5.85. The van der Waals surface area contributed by atoms with E-state index in [0.29, 0.717) is 31.7 Å². The van der Waals surface area contributed by atoms with Crippen molar-refractivity contribution in [3.05, 3.63) is 35.4 Å². The Kier molecular flexibility index (Phi) is 9.72. The van der Waals surface area contributed by atoms with Gasteiger partial charge in [0.15, 0.2) is 0 Å². The van der Waals surface area contributed by atoms with Crippen LogP contribution in [0.3, 0.4) is 0 Å². The van der Waals surface area contributed by atoms with Gasteiger partial charge in [0.25, 0.3) is 0 Å². The number of amides is 3. The van der Waals surface area contributed by atoms with Crippen molar-refractivity contribution in [2.75, 3.05) is 32.8 Å². The number of nitrogens with one attached hydrogen (secondary N) is 1. The number of hydrogen-bond acceptors (Lipinski definition) is 7. The molecule has 0 aliphatic carbocycles. The average molecular weight is 506 g/mol. The first-order chi connectivity index (χ1) is 16.7. The first kappa shape index (κ1) is 28.9. The highest BCUT2D eigenvalue weighted by atomic mass is 16.6. The molecule has 3 amide bonds. The zero-order valence-corrected chi connectivity index (χ0v) is 22.4. The normalized spacial score (nSPS) is 15.1. The number of alkyl carbamates (subject to hydrolysis) is 1. The van der Waals surface area contributed by atoms with E-state index in [1.807, 2.05) is 0 Å². The topological polar surface area (TPSA) is 114 Å². The average Bonchev–Trinajstić information content (AvgIpc) is 2.76. The Balaban J connectivity index is 2.13. The first-order valence-corrected chi connectivity index (χ1v) is 12.2. The monoisotopic (exact) mass is 505 g/mol. The van der Waals surface area contributed by atoms with Crippen LogP contribution >= 0.6 is 0 Å². The number of nitrogens with zero attached hydrogens (tertiary/aromatic N) is 2. The van der Waals surface area contributed by atoms with Crippen LogP contribution in [0.1, 0.15) is 64.4 Å². The minimum absolute atomic E-state index is 0.199. The SMILES string of the molecule is CCOC(=O)N1CCN(C(=O)C(Cc2ccc(C(=O)OC(C)(C)C)cc2)NC(=O)OC(C)(C)C)CC1. The van der Waals surface area contributed by atoms with E-state index in [2.05, 4.69) is 5.32 Å². The largest absolute Gasteiger partial charge is 0.456 e. The second-order valence-corrected chi connectivity index (χ2v) is 10.6. The van der Waals surface area contributed by atoms with Crippen molar-refractivity contribution in [3.63, 3.8) is 0 Å². The Morgan fingerprint density at radius 2 is 1.39 bits per heavy atom. The van der Waals surface area contributed by atoms with E-state index in [-0.39, 0.29) is 18.9 Å². The smallest absolute Gasteiger partial charge is 0.409 e. The fraction of sp³-hybridized carbons (Fsp3) is 0.615. The van der Waals surface area contributed by atoms with E-state index >= 15 is 0 Å². The molecule has 1 aliphatic heterocycles. The summed E-state index contributed by atoms with van der Waals surface area (Å²) in [6.07, 6.45) is -0.903. The molecule has 1 aliphatic rings. The Labute approximate surface area is 213 Å². The van der Waals surface area contributed by atoms with Gasteiger partial charge >= 0.3 is 18.2 Å². The van der Waals surface area contributed by atoms with Gasteiger partial charge in [0, 0.05) is 32.6 Å². The highest BCUT2D eigenvalue weighted by molar-refractivity contribution is 5.90. The van der Waals surface area contributed by atoms with Gasteiger partial charge in [-0.3, -0.25) is 4.79 Å². The number of esters is 1. The molecule has 1 aromatic rings. The van der Waals surface area contributed by atoms with Gasteiger partial charge in [0.2, 0.25) is 5.91 Å². The number of carbonyl (C=O) groups is 4. The van der Waals surface area contributed by atoms with Crippen LogP contribution in [0, 0.1) is 0 Å². The summed E-state index contributed by atoms with van der Waals surface area (Å²) in [5.74, 6) is -0.714. The minimum Gasteiger partial charge on any atom is -0.456 e. The Morgan fingerprint density at radius 3 is 1.89 bits per heavy atom. The van der Waals surface area contributed by atoms with Gasteiger partial charge in [-0.25, -0.2) is 14.4 Å². The molecule has 1 aromatic carbocycles. The minimum atomic E-state index is -0.888. The van der Waals surface area contributed by atoms with Gasteiger partial charge in [-0.1, -0.05) is 12.1 Å². The van der Waals surface area contributed by atoms with Gasteiger partial charge in [0.1, 0.15) is 17.2 Å². The second kappa shape index (κ2) is 12.1. The maximum atomic E-state index is 13.4. The lowest BCUT2D eigenvalue weighted by Crippen LogP contribution is -2.56. The molecular formula is C26H39N3O7. The molecule has 1 unspecified atom stereocenters. The second-order valence-electron chi connectivity index (χ2n) is 10.6. The summed E-state index contributed by atoms with van der Waals surface area (Å²) in [7, 11) is 0. The van der Waals surface area contributed by atoms with Crippen LogP contribution in [-0.4, -0.2) is 83.9 Å². The van der Waals surface area contributed by atoms with Crippen LogP contribution < -0.4 is 5.32 Å². The zero-order chi connectivity index (χ0) is 27.1. The summed E-state index contributed by atoms with van der Waals surface area (Å²) < 4.78 is 15.8. The molecule has 0 radical (unpaired) electrons. The van der Waals surface area contributed by atoms with Crippen LogP contribution in [0.4, 0.5) is 9.59 Å². The van der Waals surface area contributed by atoms with E-state index in [4.69, 9.17) is 14.2 Å². The molecule has 0 aromatic heterocycles. The molecule has 2 rings (SSSR count). The van der Waals surface area contributed by atoms with Crippen molar-refractivity contribution in [1.82, 2.24) is 15.1 Å². The third-order valence-corrected chi connectivity index (χ3v) is 5.13. The molecule has 0 bridgehead atoms. The van der Waals surface area contributed by atoms with Crippen molar-refractivity contribution in [3.8, 4) is 0 Å². The number of benzene rings is 1. The maximum absolute atomic E-state index is 13.4. The molecule has 1 N–H and O–H groups in total. The number of rotatable bonds is 6. The van der Waals surface area contributed by atoms with Crippen LogP contribution in [0.15, 0.2) is 24.3 Å². The standard InChI is InChI=1S/C26H39N3O7/c1-8-34-24(33)29-15-13-28(14-16-29)21(30)20(27-23(32)36-26(5,6)7)17-18-9-11-19(12-10-18)22(31)35-25(2,3)4/h9-12,20H,8,13-17H2,1-7H3,(H,27,32). The molecule has 1 fully saturated rings. The predicted octanol–water partition coefficient (Wildman–Crippen LogP) is 3.38. The van der Waals surface area contributed by atoms with E-state index < -0.39 is 35.4 Å². The lowest BCUT2D eigenvalue weighted by atomic mass is 10.0. The zero-order valence-electron chi connectivity index (χ0n) is 22.4. The van der Waals surface area contributed by atoms with Crippen molar-refractivity contribution in [2.45, 2.75) is 72.1 Å². The van der Waals surface area contributed by atoms with Crippen LogP contribution in [0.5, 0.6) is 0 Å². The molecule has 1 heterocycles. The number of piperazine rings is 1. The fourth-order valence-electron chi connectivity index (χ4n) is 3.54. The lowest BCUT2D eigenvalue weighted by Gasteiger charge is -2.36. The van der Waals surface area contributed by atoms with Gasteiger partial charge in [-0.2, -0.15) is 0 Å². The van der Waals surface area contributed by atoms with Crippen molar-refractivity contribution < 1.29 is 33.4 Å². The Bertz CT molecular complexity index is 924. The van der Waals surface area contributed by atoms with E-state index in [9.17, 15) is 19.2 Å². The number of carbonyl (C=O) groups excluding carboxylic acids is 4. The molecule has 0 spiro atoms. The summed E-state index contributed by atoms with van der Waals surface area (Å²) in [6.45, 7) is 14.0. The first-order valence-electron chi connectivity index (χ1n) is 12.2. The van der Waals surface area contributed by atoms with E-state index in [1.165, 1.54) is 0 Å². The van der Waals surface area contributed by atoms with Crippen LogP contribution in [0.25, 0.3) is 0 Å². The summed E-state index contributed by atoms with van der Waals surface area (Å²) in [5, 5.41) is 2.69. The van der Waals surface area contributed by atoms with Crippen LogP contribution in [0.2, 0.25) is 0 Å². The third kappa shape index (κ3) is 9.39. The molecule has 10 heteroatoms. The summed E-state index contributed by atoms with van der Waals surface area (Å²) in [4.78, 5) is 53.3. The summed E-state index contributed by atoms with van der Waals surface area (Å²) in [5.41, 5.74) is -0.187. The maximum Gasteiger partial charge on any atom is 0.409 e. The van der Waals surface area contributed by atoms with Crippen LogP contribution in [-0.2, 0) is 25.4 Å².